The van der Waals surface area contributed by atoms with Crippen molar-refractivity contribution in [3.8, 4) is 22.8 Å². The molecule has 46 heavy (non-hydrogen) atoms. The van der Waals surface area contributed by atoms with Gasteiger partial charge < -0.3 is 15.2 Å². The number of aryl methyl sites for hydroxylation is 1. The van der Waals surface area contributed by atoms with E-state index in [0.717, 1.165) is 43.4 Å². The highest BCUT2D eigenvalue weighted by atomic mass is 32.2. The van der Waals surface area contributed by atoms with E-state index in [4.69, 9.17) is 4.74 Å². The Kier molecular flexibility index (Phi) is 11.5. The second-order valence-electron chi connectivity index (χ2n) is 11.6. The number of ether oxygens (including phenoxy) is 1. The van der Waals surface area contributed by atoms with E-state index >= 15 is 0 Å². The van der Waals surface area contributed by atoms with Crippen LogP contribution in [0, 0.1) is 5.41 Å². The molecule has 0 atom stereocenters. The number of pyridine rings is 1. The van der Waals surface area contributed by atoms with E-state index in [2.05, 4.69) is 51.8 Å². The summed E-state index contributed by atoms with van der Waals surface area (Å²) in [6.07, 6.45) is 8.87. The molecule has 244 valence electrons. The minimum absolute atomic E-state index is 0.109. The Hall–Kier alpha value is -4.75. The lowest BCUT2D eigenvalue weighted by Gasteiger charge is -2.25. The van der Waals surface area contributed by atoms with E-state index in [1.165, 1.54) is 30.6 Å². The lowest BCUT2D eigenvalue weighted by atomic mass is 9.87. The van der Waals surface area contributed by atoms with Gasteiger partial charge in [0.25, 0.3) is 16.0 Å². The average molecular weight is 649 g/mol. The number of unbranched alkanes of at least 4 members (excludes halogenated alkanes) is 2. The maximum absolute atomic E-state index is 12.7. The zero-order valence-corrected chi connectivity index (χ0v) is 27.0. The Morgan fingerprint density at radius 1 is 1.11 bits per heavy atom. The zero-order chi connectivity index (χ0) is 33.2. The smallest absolute Gasteiger partial charge is 0.295 e. The van der Waals surface area contributed by atoms with Crippen LogP contribution in [0.25, 0.3) is 11.3 Å². The molecule has 12 nitrogen and oxygen atoms in total. The van der Waals surface area contributed by atoms with Gasteiger partial charge in [0.2, 0.25) is 0 Å². The number of anilines is 1. The molecule has 0 aliphatic heterocycles. The Labute approximate surface area is 269 Å². The lowest BCUT2D eigenvalue weighted by Crippen LogP contribution is -2.34. The average Bonchev–Trinajstić information content (AvgIpc) is 3.57. The van der Waals surface area contributed by atoms with Gasteiger partial charge in [0.1, 0.15) is 22.2 Å². The standard InChI is InChI=1S/C33H40N6O6S/c1-4-23-18-26(27-14-16-36-38-27)28(40)19-29(23)45-17-9-5-8-15-33(2,3)22-35-32(41)25-12-13-31(34-20-25)39-37-21-24-10-6-7-11-30(24)46(42,43)44/h6-7,10-14,16,18-21,40H,4-5,8-9,15,17,22H2,1-3H3,(H,34,39)(H,35,41)(H,36,38)(H,42,43,44)/b37-21+. The number of nitrogens with one attached hydrogen (secondary N) is 3. The van der Waals surface area contributed by atoms with Crippen LogP contribution in [0.5, 0.6) is 11.5 Å². The number of hydrogen-bond donors (Lipinski definition) is 5. The number of benzene rings is 2. The van der Waals surface area contributed by atoms with Crippen molar-refractivity contribution >= 4 is 28.1 Å². The van der Waals surface area contributed by atoms with Crippen LogP contribution in [0.1, 0.15) is 67.9 Å². The second kappa shape index (κ2) is 15.5. The molecular weight excluding hydrogens is 608 g/mol. The molecule has 5 N–H and O–H groups in total. The summed E-state index contributed by atoms with van der Waals surface area (Å²) in [5, 5.41) is 24.3. The van der Waals surface area contributed by atoms with Gasteiger partial charge in [-0.3, -0.25) is 19.9 Å². The molecule has 2 aromatic heterocycles. The summed E-state index contributed by atoms with van der Waals surface area (Å²) in [5.41, 5.74) is 5.66. The van der Waals surface area contributed by atoms with Crippen molar-refractivity contribution in [1.29, 1.82) is 0 Å². The Morgan fingerprint density at radius 2 is 1.91 bits per heavy atom. The molecular formula is C33H40N6O6S. The van der Waals surface area contributed by atoms with Gasteiger partial charge in [-0.2, -0.15) is 18.6 Å². The minimum Gasteiger partial charge on any atom is -0.507 e. The molecule has 0 bridgehead atoms. The molecule has 2 aromatic carbocycles. The van der Waals surface area contributed by atoms with Crippen LogP contribution in [0.3, 0.4) is 0 Å². The summed E-state index contributed by atoms with van der Waals surface area (Å²) in [7, 11) is -4.38. The minimum atomic E-state index is -4.38. The van der Waals surface area contributed by atoms with E-state index in [1.807, 2.05) is 12.1 Å². The van der Waals surface area contributed by atoms with Crippen molar-refractivity contribution in [2.24, 2.45) is 10.5 Å². The molecule has 0 spiro atoms. The summed E-state index contributed by atoms with van der Waals surface area (Å²) < 4.78 is 38.4. The van der Waals surface area contributed by atoms with Gasteiger partial charge in [0.15, 0.2) is 0 Å². The summed E-state index contributed by atoms with van der Waals surface area (Å²) in [6.45, 7) is 7.34. The highest BCUT2D eigenvalue weighted by molar-refractivity contribution is 7.86. The van der Waals surface area contributed by atoms with Crippen LogP contribution in [0.2, 0.25) is 0 Å². The molecule has 4 rings (SSSR count). The molecule has 0 saturated carbocycles. The first-order valence-corrected chi connectivity index (χ1v) is 16.5. The topological polar surface area (TPSA) is 179 Å². The second-order valence-corrected chi connectivity index (χ2v) is 13.0. The number of H-pyrrole nitrogens is 1. The third kappa shape index (κ3) is 9.62. The highest BCUT2D eigenvalue weighted by Gasteiger charge is 2.19. The number of aromatic nitrogens is 3. The van der Waals surface area contributed by atoms with Gasteiger partial charge in [-0.05, 0) is 60.6 Å². The predicted molar refractivity (Wildman–Crippen MR) is 177 cm³/mol. The number of phenolic OH excluding ortho intramolecular Hbond substituents is 1. The van der Waals surface area contributed by atoms with Crippen molar-refractivity contribution in [1.82, 2.24) is 20.5 Å². The van der Waals surface area contributed by atoms with Crippen molar-refractivity contribution < 1.29 is 27.6 Å². The molecule has 0 radical (unpaired) electrons. The normalized spacial score (nSPS) is 11.9. The summed E-state index contributed by atoms with van der Waals surface area (Å²) in [4.78, 5) is 16.7. The maximum atomic E-state index is 12.7. The Balaban J connectivity index is 1.17. The fraction of sp³-hybridized carbons (Fsp3) is 0.333. The van der Waals surface area contributed by atoms with Crippen molar-refractivity contribution in [3.05, 3.63) is 83.7 Å². The number of aromatic amines is 1. The third-order valence-electron chi connectivity index (χ3n) is 7.44. The van der Waals surface area contributed by atoms with Gasteiger partial charge in [-0.1, -0.05) is 51.8 Å². The molecule has 0 saturated heterocycles. The number of phenols is 1. The van der Waals surface area contributed by atoms with Gasteiger partial charge in [-0.25, -0.2) is 4.98 Å². The van der Waals surface area contributed by atoms with Crippen LogP contribution in [0.4, 0.5) is 5.82 Å². The van der Waals surface area contributed by atoms with E-state index in [9.17, 15) is 22.9 Å². The van der Waals surface area contributed by atoms with Gasteiger partial charge >= 0.3 is 0 Å². The molecule has 0 aliphatic rings. The number of nitrogens with zero attached hydrogens (tertiary/aromatic N) is 3. The van der Waals surface area contributed by atoms with Crippen molar-refractivity contribution in [2.75, 3.05) is 18.6 Å². The Bertz CT molecular complexity index is 1740. The SMILES string of the molecule is CCc1cc(-c2ccn[nH]2)c(O)cc1OCCCCCC(C)(C)CNC(=O)c1ccc(N/N=C/c2ccccc2S(=O)(=O)O)nc1. The predicted octanol–water partition coefficient (Wildman–Crippen LogP) is 5.83. The summed E-state index contributed by atoms with van der Waals surface area (Å²) in [6, 6.07) is 14.5. The van der Waals surface area contributed by atoms with Crippen LogP contribution in [0.15, 0.2) is 77.0 Å². The number of rotatable bonds is 16. The maximum Gasteiger partial charge on any atom is 0.295 e. The van der Waals surface area contributed by atoms with E-state index in [-0.39, 0.29) is 27.5 Å². The molecule has 2 heterocycles. The highest BCUT2D eigenvalue weighted by Crippen LogP contribution is 2.35. The van der Waals surface area contributed by atoms with Crippen molar-refractivity contribution in [2.45, 2.75) is 57.8 Å². The molecule has 4 aromatic rings. The number of hydrazone groups is 1. The summed E-state index contributed by atoms with van der Waals surface area (Å²) >= 11 is 0. The number of aromatic hydroxyl groups is 1. The summed E-state index contributed by atoms with van der Waals surface area (Å²) in [5.74, 6) is 0.963. The monoisotopic (exact) mass is 648 g/mol. The first-order valence-electron chi connectivity index (χ1n) is 15.0. The number of carbonyl (C=O) groups is 1. The van der Waals surface area contributed by atoms with Crippen LogP contribution >= 0.6 is 0 Å². The lowest BCUT2D eigenvalue weighted by molar-refractivity contribution is 0.0933. The van der Waals surface area contributed by atoms with Gasteiger partial charge in [0, 0.05) is 36.1 Å². The van der Waals surface area contributed by atoms with Gasteiger partial charge in [-0.15, -0.1) is 0 Å². The molecule has 0 aliphatic carbocycles. The van der Waals surface area contributed by atoms with E-state index in [0.29, 0.717) is 35.8 Å². The first kappa shape index (κ1) is 34.1. The zero-order valence-electron chi connectivity index (χ0n) is 26.2. The van der Waals surface area contributed by atoms with Crippen LogP contribution in [-0.2, 0) is 16.5 Å². The first-order chi connectivity index (χ1) is 22.0. The van der Waals surface area contributed by atoms with E-state index < -0.39 is 10.1 Å². The molecule has 0 fully saturated rings. The Morgan fingerprint density at radius 3 is 2.61 bits per heavy atom. The molecule has 1 amide bonds. The third-order valence-corrected chi connectivity index (χ3v) is 8.37. The fourth-order valence-electron chi connectivity index (χ4n) is 4.81. The molecule has 13 heteroatoms. The van der Waals surface area contributed by atoms with E-state index in [1.54, 1.807) is 30.5 Å². The van der Waals surface area contributed by atoms with Crippen LogP contribution < -0.4 is 15.5 Å². The fourth-order valence-corrected chi connectivity index (χ4v) is 5.47. The largest absolute Gasteiger partial charge is 0.507 e. The number of amides is 1. The van der Waals surface area contributed by atoms with Gasteiger partial charge in [0.05, 0.1) is 24.1 Å². The molecule has 0 unspecified atom stereocenters. The van der Waals surface area contributed by atoms with Crippen LogP contribution in [-0.4, -0.2) is 58.5 Å². The number of carbonyl (C=O) groups excluding carboxylic acids is 1. The quantitative estimate of drug-likeness (QED) is 0.0433. The number of hydrogen-bond acceptors (Lipinski definition) is 9. The van der Waals surface area contributed by atoms with Crippen molar-refractivity contribution in [3.63, 3.8) is 0 Å².